The van der Waals surface area contributed by atoms with Crippen LogP contribution in [0.1, 0.15) is 55.8 Å². The number of tetrazole rings is 1. The molecule has 0 aliphatic carbocycles. The van der Waals surface area contributed by atoms with Gasteiger partial charge in [0.2, 0.25) is 11.0 Å². The van der Waals surface area contributed by atoms with Gasteiger partial charge in [0.15, 0.2) is 5.82 Å². The van der Waals surface area contributed by atoms with Crippen LogP contribution in [0.3, 0.4) is 0 Å². The third-order valence-corrected chi connectivity index (χ3v) is 4.86. The van der Waals surface area contributed by atoms with Crippen LogP contribution in [0.5, 0.6) is 0 Å². The Bertz CT molecular complexity index is 859. The van der Waals surface area contributed by atoms with Gasteiger partial charge in [-0.05, 0) is 42.3 Å². The van der Waals surface area contributed by atoms with Gasteiger partial charge in [-0.15, -0.1) is 5.10 Å². The average molecular weight is 358 g/mol. The van der Waals surface area contributed by atoms with Gasteiger partial charge in [-0.2, -0.15) is 9.67 Å². The molecule has 0 fully saturated rings. The molecule has 0 N–H and O–H groups in total. The van der Waals surface area contributed by atoms with Gasteiger partial charge >= 0.3 is 0 Å². The Hall–Kier alpha value is -2.22. The van der Waals surface area contributed by atoms with E-state index in [2.05, 4.69) is 72.4 Å². The van der Waals surface area contributed by atoms with Crippen molar-refractivity contribution in [3.8, 4) is 5.69 Å². The monoisotopic (exact) mass is 358 g/mol. The molecule has 0 saturated heterocycles. The lowest BCUT2D eigenvalue weighted by Crippen LogP contribution is -2.13. The number of hydrogen-bond acceptors (Lipinski definition) is 7. The zero-order valence-electron chi connectivity index (χ0n) is 15.3. The van der Waals surface area contributed by atoms with Crippen molar-refractivity contribution in [2.45, 2.75) is 57.4 Å². The number of thioether (sulfide) groups is 1. The first-order chi connectivity index (χ1) is 11.8. The van der Waals surface area contributed by atoms with E-state index in [9.17, 15) is 0 Å². The minimum Gasteiger partial charge on any atom is -0.338 e. The van der Waals surface area contributed by atoms with E-state index in [-0.39, 0.29) is 10.7 Å². The van der Waals surface area contributed by atoms with Crippen molar-refractivity contribution in [3.63, 3.8) is 0 Å². The molecule has 132 valence electrons. The van der Waals surface area contributed by atoms with Crippen molar-refractivity contribution in [2.75, 3.05) is 0 Å². The van der Waals surface area contributed by atoms with Crippen LogP contribution >= 0.6 is 11.8 Å². The van der Waals surface area contributed by atoms with Crippen LogP contribution in [0.25, 0.3) is 5.69 Å². The Morgan fingerprint density at radius 1 is 1.16 bits per heavy atom. The molecule has 0 amide bonds. The molecule has 8 heteroatoms. The lowest BCUT2D eigenvalue weighted by Gasteiger charge is -2.12. The fourth-order valence-corrected chi connectivity index (χ4v) is 3.27. The molecule has 0 bridgehead atoms. The summed E-state index contributed by atoms with van der Waals surface area (Å²) in [7, 11) is 0. The van der Waals surface area contributed by atoms with E-state index in [0.29, 0.717) is 16.9 Å². The van der Waals surface area contributed by atoms with Crippen molar-refractivity contribution < 1.29 is 4.52 Å². The van der Waals surface area contributed by atoms with E-state index in [1.807, 2.05) is 13.0 Å². The standard InChI is InChI=1S/C17H22N6OS/c1-10-8-7-9-11(2)13(10)23-16(19-21-22-23)25-12(3)14-18-15(20-24-14)17(4,5)6/h7-9,12H,1-6H3. The smallest absolute Gasteiger partial charge is 0.239 e. The summed E-state index contributed by atoms with van der Waals surface area (Å²) in [5, 5.41) is 16.9. The highest BCUT2D eigenvalue weighted by atomic mass is 32.2. The molecule has 2 aromatic heterocycles. The summed E-state index contributed by atoms with van der Waals surface area (Å²) >= 11 is 1.50. The van der Waals surface area contributed by atoms with Gasteiger partial charge in [-0.25, -0.2) is 0 Å². The van der Waals surface area contributed by atoms with Crippen molar-refractivity contribution in [1.82, 2.24) is 30.3 Å². The van der Waals surface area contributed by atoms with Gasteiger partial charge < -0.3 is 4.52 Å². The Morgan fingerprint density at radius 2 is 1.84 bits per heavy atom. The normalized spacial score (nSPS) is 13.2. The summed E-state index contributed by atoms with van der Waals surface area (Å²) in [6.07, 6.45) is 0. The third kappa shape index (κ3) is 3.58. The highest BCUT2D eigenvalue weighted by molar-refractivity contribution is 7.99. The molecule has 0 aliphatic heterocycles. The number of rotatable bonds is 4. The molecule has 1 unspecified atom stereocenters. The lowest BCUT2D eigenvalue weighted by atomic mass is 9.96. The molecular weight excluding hydrogens is 336 g/mol. The number of nitrogens with zero attached hydrogens (tertiary/aromatic N) is 6. The molecule has 0 radical (unpaired) electrons. The summed E-state index contributed by atoms with van der Waals surface area (Å²) in [5.41, 5.74) is 3.10. The molecular formula is C17H22N6OS. The maximum absolute atomic E-state index is 5.43. The van der Waals surface area contributed by atoms with Crippen molar-refractivity contribution in [2.24, 2.45) is 0 Å². The fourth-order valence-electron chi connectivity index (χ4n) is 2.45. The first-order valence-corrected chi connectivity index (χ1v) is 9.01. The van der Waals surface area contributed by atoms with E-state index in [0.717, 1.165) is 16.8 Å². The Balaban J connectivity index is 1.88. The summed E-state index contributed by atoms with van der Waals surface area (Å²) in [6.45, 7) is 12.3. The fraction of sp³-hybridized carbons (Fsp3) is 0.471. The maximum Gasteiger partial charge on any atom is 0.239 e. The van der Waals surface area contributed by atoms with Gasteiger partial charge in [0.25, 0.3) is 0 Å². The lowest BCUT2D eigenvalue weighted by molar-refractivity contribution is 0.364. The number of hydrogen-bond donors (Lipinski definition) is 0. The molecule has 2 heterocycles. The minimum atomic E-state index is -0.147. The molecule has 3 aromatic rings. The summed E-state index contributed by atoms with van der Waals surface area (Å²) in [5.74, 6) is 1.27. The average Bonchev–Trinajstić information content (AvgIpc) is 3.16. The van der Waals surface area contributed by atoms with Crippen LogP contribution in [0, 0.1) is 13.8 Å². The SMILES string of the molecule is Cc1cccc(C)c1-n1nnnc1SC(C)c1nc(C(C)(C)C)no1. The third-order valence-electron chi connectivity index (χ3n) is 3.83. The Labute approximate surface area is 151 Å². The van der Waals surface area contributed by atoms with Gasteiger partial charge in [0.1, 0.15) is 0 Å². The van der Waals surface area contributed by atoms with E-state index < -0.39 is 0 Å². The highest BCUT2D eigenvalue weighted by Gasteiger charge is 2.25. The molecule has 3 rings (SSSR count). The summed E-state index contributed by atoms with van der Waals surface area (Å²) in [4.78, 5) is 4.52. The first-order valence-electron chi connectivity index (χ1n) is 8.13. The predicted octanol–water partition coefficient (Wildman–Crippen LogP) is 3.81. The van der Waals surface area contributed by atoms with E-state index >= 15 is 0 Å². The van der Waals surface area contributed by atoms with Crippen molar-refractivity contribution >= 4 is 11.8 Å². The maximum atomic E-state index is 5.43. The molecule has 0 spiro atoms. The molecule has 0 aliphatic rings. The second kappa shape index (κ2) is 6.59. The second-order valence-corrected chi connectivity index (χ2v) is 8.39. The van der Waals surface area contributed by atoms with Gasteiger partial charge in [-0.3, -0.25) is 0 Å². The quantitative estimate of drug-likeness (QED) is 0.656. The van der Waals surface area contributed by atoms with Crippen molar-refractivity contribution in [1.29, 1.82) is 0 Å². The first kappa shape index (κ1) is 17.6. The minimum absolute atomic E-state index is 0.0577. The van der Waals surface area contributed by atoms with Gasteiger partial charge in [0.05, 0.1) is 10.9 Å². The predicted molar refractivity (Wildman–Crippen MR) is 95.9 cm³/mol. The zero-order chi connectivity index (χ0) is 18.2. The number of aryl methyl sites for hydroxylation is 2. The van der Waals surface area contributed by atoms with Crippen LogP contribution < -0.4 is 0 Å². The van der Waals surface area contributed by atoms with Crippen LogP contribution in [0.2, 0.25) is 0 Å². The van der Waals surface area contributed by atoms with Crippen molar-refractivity contribution in [3.05, 3.63) is 41.0 Å². The van der Waals surface area contributed by atoms with Crippen LogP contribution in [-0.2, 0) is 5.41 Å². The van der Waals surface area contributed by atoms with E-state index in [4.69, 9.17) is 4.52 Å². The molecule has 1 aromatic carbocycles. The number of benzene rings is 1. The van der Waals surface area contributed by atoms with Crippen LogP contribution in [0.15, 0.2) is 27.9 Å². The largest absolute Gasteiger partial charge is 0.338 e. The number of para-hydroxylation sites is 1. The van der Waals surface area contributed by atoms with Gasteiger partial charge in [-0.1, -0.05) is 55.9 Å². The number of aromatic nitrogens is 6. The zero-order valence-corrected chi connectivity index (χ0v) is 16.1. The van der Waals surface area contributed by atoms with Gasteiger partial charge in [0, 0.05) is 5.41 Å². The molecule has 1 atom stereocenters. The molecule has 25 heavy (non-hydrogen) atoms. The van der Waals surface area contributed by atoms with E-state index in [1.54, 1.807) is 4.68 Å². The molecule has 0 saturated carbocycles. The highest BCUT2D eigenvalue weighted by Crippen LogP contribution is 2.35. The van der Waals surface area contributed by atoms with Crippen LogP contribution in [-0.4, -0.2) is 30.3 Å². The Kier molecular flexibility index (Phi) is 4.64. The second-order valence-electron chi connectivity index (χ2n) is 7.08. The Morgan fingerprint density at radius 3 is 2.44 bits per heavy atom. The molecule has 7 nitrogen and oxygen atoms in total. The summed E-state index contributed by atoms with van der Waals surface area (Å²) < 4.78 is 7.21. The summed E-state index contributed by atoms with van der Waals surface area (Å²) in [6, 6.07) is 6.13. The topological polar surface area (TPSA) is 82.5 Å². The van der Waals surface area contributed by atoms with E-state index in [1.165, 1.54) is 11.8 Å². The van der Waals surface area contributed by atoms with Crippen LogP contribution in [0.4, 0.5) is 0 Å².